The highest BCUT2D eigenvalue weighted by Crippen LogP contribution is 2.76. The van der Waals surface area contributed by atoms with Gasteiger partial charge in [-0.05, 0) is 149 Å². The van der Waals surface area contributed by atoms with Crippen LogP contribution in [0.15, 0.2) is 28.7 Å². The molecule has 0 unspecified atom stereocenters. The quantitative estimate of drug-likeness (QED) is 0.269. The number of rotatable bonds is 8. The molecule has 1 aromatic rings. The number of ether oxygens (including phenoxy) is 2. The molecule has 44 heavy (non-hydrogen) atoms. The SMILES string of the molecule is COC(C)(C)CCC[C@@](C)(O)[C@H]1CC[C@]2(C)[C@@H]1[C@H](OC(=O)c1ccc(Br)cc1)C[C@@H]1[C@@]3(C)CC[C@H](O)C(C)(C)[C@@H]3CC[C@]12C. The summed E-state index contributed by atoms with van der Waals surface area (Å²) >= 11 is 3.49. The Hall–Kier alpha value is -0.950. The van der Waals surface area contributed by atoms with E-state index in [4.69, 9.17) is 9.47 Å². The summed E-state index contributed by atoms with van der Waals surface area (Å²) in [6.07, 6.45) is 8.79. The zero-order valence-electron chi connectivity index (χ0n) is 28.8. The van der Waals surface area contributed by atoms with Gasteiger partial charge in [0.15, 0.2) is 0 Å². The van der Waals surface area contributed by atoms with Crippen LogP contribution in [0.3, 0.4) is 0 Å². The van der Waals surface area contributed by atoms with Crippen molar-refractivity contribution in [2.24, 2.45) is 45.3 Å². The Balaban J connectivity index is 1.52. The van der Waals surface area contributed by atoms with Crippen LogP contribution in [-0.2, 0) is 9.47 Å². The van der Waals surface area contributed by atoms with E-state index in [-0.39, 0.29) is 57.3 Å². The summed E-state index contributed by atoms with van der Waals surface area (Å²) in [6.45, 7) is 18.3. The van der Waals surface area contributed by atoms with Crippen LogP contribution in [0.1, 0.15) is 130 Å². The highest BCUT2D eigenvalue weighted by atomic mass is 79.9. The Morgan fingerprint density at radius 1 is 0.932 bits per heavy atom. The van der Waals surface area contributed by atoms with E-state index in [1.54, 1.807) is 7.11 Å². The maximum Gasteiger partial charge on any atom is 0.338 e. The molecule has 0 bridgehead atoms. The van der Waals surface area contributed by atoms with Crippen molar-refractivity contribution < 1.29 is 24.5 Å². The Kier molecular flexibility index (Phi) is 9.09. The molecule has 1 aromatic carbocycles. The van der Waals surface area contributed by atoms with Gasteiger partial charge < -0.3 is 19.7 Å². The van der Waals surface area contributed by atoms with Gasteiger partial charge in [-0.25, -0.2) is 4.79 Å². The van der Waals surface area contributed by atoms with Crippen LogP contribution in [0.2, 0.25) is 0 Å². The van der Waals surface area contributed by atoms with Crippen LogP contribution in [0.25, 0.3) is 0 Å². The summed E-state index contributed by atoms with van der Waals surface area (Å²) in [5.74, 6) is 0.655. The number of halogens is 1. The molecule has 0 aromatic heterocycles. The normalized spacial score (nSPS) is 41.2. The average Bonchev–Trinajstić information content (AvgIpc) is 3.32. The van der Waals surface area contributed by atoms with Crippen LogP contribution in [-0.4, -0.2) is 46.7 Å². The van der Waals surface area contributed by atoms with Crippen molar-refractivity contribution in [2.75, 3.05) is 7.11 Å². The van der Waals surface area contributed by atoms with Gasteiger partial charge in [0.2, 0.25) is 0 Å². The number of esters is 1. The molecule has 6 heteroatoms. The third kappa shape index (κ3) is 5.54. The minimum atomic E-state index is -0.865. The van der Waals surface area contributed by atoms with Crippen molar-refractivity contribution in [2.45, 2.75) is 143 Å². The molecule has 248 valence electrons. The molecule has 5 nitrogen and oxygen atoms in total. The number of carbonyl (C=O) groups excluding carboxylic acids is 1. The first-order valence-electron chi connectivity index (χ1n) is 17.2. The van der Waals surface area contributed by atoms with Crippen molar-refractivity contribution >= 4 is 21.9 Å². The molecule has 10 atom stereocenters. The van der Waals surface area contributed by atoms with Gasteiger partial charge in [0.05, 0.1) is 22.9 Å². The molecule has 4 aliphatic carbocycles. The van der Waals surface area contributed by atoms with Gasteiger partial charge in [-0.3, -0.25) is 0 Å². The van der Waals surface area contributed by atoms with E-state index in [0.29, 0.717) is 23.8 Å². The molecule has 0 saturated heterocycles. The first kappa shape index (κ1) is 34.4. The molecule has 2 N–H and O–H groups in total. The van der Waals surface area contributed by atoms with Crippen LogP contribution in [0, 0.1) is 45.3 Å². The third-order valence-electron chi connectivity index (χ3n) is 14.5. The molecule has 0 heterocycles. The molecule has 4 fully saturated rings. The topological polar surface area (TPSA) is 76.0 Å². The number of methoxy groups -OCH3 is 1. The zero-order chi connectivity index (χ0) is 32.5. The van der Waals surface area contributed by atoms with Crippen LogP contribution in [0.4, 0.5) is 0 Å². The fraction of sp³-hybridized carbons (Fsp3) is 0.816. The Labute approximate surface area is 275 Å². The summed E-state index contributed by atoms with van der Waals surface area (Å²) in [7, 11) is 1.76. The van der Waals surface area contributed by atoms with E-state index >= 15 is 0 Å². The predicted molar refractivity (Wildman–Crippen MR) is 179 cm³/mol. The van der Waals surface area contributed by atoms with Crippen molar-refractivity contribution in [1.29, 1.82) is 0 Å². The Morgan fingerprint density at radius 3 is 2.20 bits per heavy atom. The highest BCUT2D eigenvalue weighted by Gasteiger charge is 2.72. The second-order valence-corrected chi connectivity index (χ2v) is 18.3. The van der Waals surface area contributed by atoms with E-state index in [0.717, 1.165) is 62.3 Å². The van der Waals surface area contributed by atoms with Gasteiger partial charge >= 0.3 is 5.97 Å². The van der Waals surface area contributed by atoms with Gasteiger partial charge in [-0.15, -0.1) is 0 Å². The van der Waals surface area contributed by atoms with Crippen LogP contribution >= 0.6 is 15.9 Å². The molecule has 0 spiro atoms. The number of aliphatic hydroxyl groups is 2. The molecular weight excluding hydrogens is 616 g/mol. The van der Waals surface area contributed by atoms with Gasteiger partial charge in [-0.1, -0.05) is 50.5 Å². The van der Waals surface area contributed by atoms with Crippen molar-refractivity contribution in [1.82, 2.24) is 0 Å². The largest absolute Gasteiger partial charge is 0.458 e. The second kappa shape index (κ2) is 11.6. The van der Waals surface area contributed by atoms with Gasteiger partial charge in [0, 0.05) is 17.5 Å². The Bertz CT molecular complexity index is 1210. The fourth-order valence-corrected chi connectivity index (χ4v) is 11.7. The van der Waals surface area contributed by atoms with E-state index in [9.17, 15) is 15.0 Å². The highest BCUT2D eigenvalue weighted by molar-refractivity contribution is 9.10. The molecule has 0 aliphatic heterocycles. The number of aliphatic hydroxyl groups excluding tert-OH is 1. The third-order valence-corrected chi connectivity index (χ3v) is 15.0. The minimum absolute atomic E-state index is 0.0498. The predicted octanol–water partition coefficient (Wildman–Crippen LogP) is 8.98. The van der Waals surface area contributed by atoms with E-state index in [2.05, 4.69) is 64.4 Å². The first-order valence-corrected chi connectivity index (χ1v) is 18.0. The summed E-state index contributed by atoms with van der Waals surface area (Å²) in [6, 6.07) is 7.46. The van der Waals surface area contributed by atoms with Crippen LogP contribution in [0.5, 0.6) is 0 Å². The summed E-state index contributed by atoms with van der Waals surface area (Å²) in [5, 5.41) is 23.4. The van der Waals surface area contributed by atoms with E-state index in [1.165, 1.54) is 0 Å². The number of hydrogen-bond acceptors (Lipinski definition) is 5. The lowest BCUT2D eigenvalue weighted by Gasteiger charge is -2.70. The van der Waals surface area contributed by atoms with Gasteiger partial charge in [-0.2, -0.15) is 0 Å². The molecule has 4 aliphatic rings. The monoisotopic (exact) mass is 674 g/mol. The Morgan fingerprint density at radius 2 is 1.57 bits per heavy atom. The van der Waals surface area contributed by atoms with Crippen molar-refractivity contribution in [3.05, 3.63) is 34.3 Å². The van der Waals surface area contributed by atoms with Crippen molar-refractivity contribution in [3.8, 4) is 0 Å². The van der Waals surface area contributed by atoms with Crippen molar-refractivity contribution in [3.63, 3.8) is 0 Å². The standard InChI is InChI=1S/C38H59BrO5/c1-33(2,43-9)18-10-19-38(8,42)26-15-21-37(7)31(26)27(44-32(41)24-11-13-25(39)14-12-24)23-29-35(5)20-17-30(40)34(3,4)28(35)16-22-36(29,37)6/h11-14,26-31,40,42H,10,15-23H2,1-9H3/t26-,27+,28-,29+,30-,31-,35-,36+,37+,38+/m0/s1. The summed E-state index contributed by atoms with van der Waals surface area (Å²) in [5.41, 5.74) is -0.619. The molecule has 0 radical (unpaired) electrons. The molecule has 0 amide bonds. The number of fused-ring (bicyclic) bond motifs is 5. The van der Waals surface area contributed by atoms with E-state index in [1.807, 2.05) is 31.2 Å². The zero-order valence-corrected chi connectivity index (χ0v) is 30.4. The van der Waals surface area contributed by atoms with E-state index < -0.39 is 5.60 Å². The fourth-order valence-electron chi connectivity index (χ4n) is 11.5. The summed E-state index contributed by atoms with van der Waals surface area (Å²) in [4.78, 5) is 13.8. The summed E-state index contributed by atoms with van der Waals surface area (Å²) < 4.78 is 13.3. The maximum absolute atomic E-state index is 13.8. The maximum atomic E-state index is 13.8. The van der Waals surface area contributed by atoms with Gasteiger partial charge in [0.1, 0.15) is 6.10 Å². The molecular formula is C38H59BrO5. The lowest BCUT2D eigenvalue weighted by molar-refractivity contribution is -0.246. The smallest absolute Gasteiger partial charge is 0.338 e. The molecule has 4 saturated carbocycles. The lowest BCUT2D eigenvalue weighted by atomic mass is 9.35. The second-order valence-electron chi connectivity index (χ2n) is 17.4. The lowest BCUT2D eigenvalue weighted by Crippen LogP contribution is -2.67. The first-order chi connectivity index (χ1) is 20.3. The van der Waals surface area contributed by atoms with Crippen LogP contribution < -0.4 is 0 Å². The van der Waals surface area contributed by atoms with Gasteiger partial charge in [0.25, 0.3) is 0 Å². The molecule has 5 rings (SSSR count). The number of benzene rings is 1. The minimum Gasteiger partial charge on any atom is -0.458 e. The number of carbonyl (C=O) groups is 1. The average molecular weight is 676 g/mol. The number of hydrogen-bond donors (Lipinski definition) is 2.